The molecule has 0 bridgehead atoms. The number of amides is 2. The highest BCUT2D eigenvalue weighted by Gasteiger charge is 2.31. The first-order chi connectivity index (χ1) is 9.90. The summed E-state index contributed by atoms with van der Waals surface area (Å²) in [6.45, 7) is 4.87. The van der Waals surface area contributed by atoms with Gasteiger partial charge in [-0.2, -0.15) is 0 Å². The molecule has 2 amide bonds. The molecule has 0 aliphatic carbocycles. The van der Waals surface area contributed by atoms with Crippen LogP contribution >= 0.6 is 11.6 Å². The van der Waals surface area contributed by atoms with Crippen molar-refractivity contribution < 1.29 is 14.7 Å². The molecule has 1 saturated heterocycles. The Kier molecular flexibility index (Phi) is 4.73. The molecule has 1 heterocycles. The second kappa shape index (κ2) is 6.35. The minimum absolute atomic E-state index is 0.00357. The first-order valence-electron chi connectivity index (χ1n) is 7.00. The van der Waals surface area contributed by atoms with Crippen molar-refractivity contribution in [1.29, 1.82) is 0 Å². The van der Waals surface area contributed by atoms with E-state index in [1.165, 1.54) is 12.1 Å². The highest BCUT2D eigenvalue weighted by Crippen LogP contribution is 2.26. The van der Waals surface area contributed by atoms with Crippen molar-refractivity contribution in [2.75, 3.05) is 11.9 Å². The van der Waals surface area contributed by atoms with E-state index in [9.17, 15) is 14.7 Å². The normalized spacial score (nSPS) is 18.1. The number of halogens is 1. The number of rotatable bonds is 3. The van der Waals surface area contributed by atoms with Crippen molar-refractivity contribution in [3.8, 4) is 0 Å². The molecule has 1 aromatic rings. The molecule has 2 N–H and O–H groups in total. The fraction of sp³-hybridized carbons (Fsp3) is 0.467. The summed E-state index contributed by atoms with van der Waals surface area (Å²) in [6.07, 6.45) is 1.96. The molecular formula is C15H19ClN2O3. The van der Waals surface area contributed by atoms with Crippen LogP contribution < -0.4 is 5.32 Å². The van der Waals surface area contributed by atoms with E-state index in [0.717, 1.165) is 12.8 Å². The van der Waals surface area contributed by atoms with Crippen LogP contribution in [0.25, 0.3) is 0 Å². The highest BCUT2D eigenvalue weighted by atomic mass is 35.5. The van der Waals surface area contributed by atoms with Crippen molar-refractivity contribution in [1.82, 2.24) is 4.90 Å². The maximum absolute atomic E-state index is 12.4. The van der Waals surface area contributed by atoms with Crippen LogP contribution in [0, 0.1) is 5.92 Å². The number of aromatic carboxylic acids is 1. The molecule has 0 spiro atoms. The Morgan fingerprint density at radius 1 is 1.43 bits per heavy atom. The van der Waals surface area contributed by atoms with E-state index in [1.807, 2.05) is 0 Å². The molecule has 1 unspecified atom stereocenters. The van der Waals surface area contributed by atoms with Gasteiger partial charge in [0.25, 0.3) is 0 Å². The SMILES string of the molecule is CC(C)C1CCCN1C(=O)Nc1ccc(Cl)cc1C(=O)O. The van der Waals surface area contributed by atoms with Crippen LogP contribution in [0.3, 0.4) is 0 Å². The average Bonchev–Trinajstić information content (AvgIpc) is 2.90. The average molecular weight is 311 g/mol. The lowest BCUT2D eigenvalue weighted by Gasteiger charge is -2.28. The molecule has 21 heavy (non-hydrogen) atoms. The molecule has 1 aromatic carbocycles. The summed E-state index contributed by atoms with van der Waals surface area (Å²) in [7, 11) is 0. The fourth-order valence-electron chi connectivity index (χ4n) is 2.73. The lowest BCUT2D eigenvalue weighted by molar-refractivity contribution is 0.0698. The van der Waals surface area contributed by atoms with E-state index in [1.54, 1.807) is 11.0 Å². The van der Waals surface area contributed by atoms with E-state index in [-0.39, 0.29) is 23.3 Å². The molecule has 6 heteroatoms. The Morgan fingerprint density at radius 3 is 2.76 bits per heavy atom. The van der Waals surface area contributed by atoms with Crippen molar-refractivity contribution in [3.63, 3.8) is 0 Å². The summed E-state index contributed by atoms with van der Waals surface area (Å²) in [5.41, 5.74) is 0.266. The number of carboxylic acids is 1. The van der Waals surface area contributed by atoms with Crippen LogP contribution in [0.4, 0.5) is 10.5 Å². The van der Waals surface area contributed by atoms with Crippen molar-refractivity contribution in [2.45, 2.75) is 32.7 Å². The van der Waals surface area contributed by atoms with E-state index >= 15 is 0 Å². The highest BCUT2D eigenvalue weighted by molar-refractivity contribution is 6.31. The molecule has 0 radical (unpaired) electrons. The zero-order valence-electron chi connectivity index (χ0n) is 12.1. The molecule has 2 rings (SSSR count). The zero-order chi connectivity index (χ0) is 15.6. The van der Waals surface area contributed by atoms with Gasteiger partial charge in [-0.15, -0.1) is 0 Å². The Bertz CT molecular complexity index is 560. The molecule has 0 saturated carbocycles. The van der Waals surface area contributed by atoms with Gasteiger partial charge < -0.3 is 15.3 Å². The van der Waals surface area contributed by atoms with Gasteiger partial charge in [0, 0.05) is 17.6 Å². The van der Waals surface area contributed by atoms with Crippen LogP contribution in [0.15, 0.2) is 18.2 Å². The predicted molar refractivity (Wildman–Crippen MR) is 82.0 cm³/mol. The maximum Gasteiger partial charge on any atom is 0.337 e. The summed E-state index contributed by atoms with van der Waals surface area (Å²) in [6, 6.07) is 4.36. The number of nitrogens with zero attached hydrogens (tertiary/aromatic N) is 1. The van der Waals surface area contributed by atoms with E-state index in [0.29, 0.717) is 17.5 Å². The number of urea groups is 1. The topological polar surface area (TPSA) is 69.6 Å². The minimum atomic E-state index is -1.12. The first-order valence-corrected chi connectivity index (χ1v) is 7.38. The second-order valence-corrected chi connectivity index (χ2v) is 6.01. The zero-order valence-corrected chi connectivity index (χ0v) is 12.9. The van der Waals surface area contributed by atoms with Gasteiger partial charge in [0.15, 0.2) is 0 Å². The number of nitrogens with one attached hydrogen (secondary N) is 1. The Morgan fingerprint density at radius 2 is 2.14 bits per heavy atom. The van der Waals surface area contributed by atoms with Crippen molar-refractivity contribution in [2.24, 2.45) is 5.92 Å². The molecular weight excluding hydrogens is 292 g/mol. The van der Waals surface area contributed by atoms with Crippen LogP contribution in [-0.4, -0.2) is 34.6 Å². The molecule has 1 aliphatic rings. The largest absolute Gasteiger partial charge is 0.478 e. The van der Waals surface area contributed by atoms with Gasteiger partial charge >= 0.3 is 12.0 Å². The Labute approximate surface area is 128 Å². The Hall–Kier alpha value is -1.75. The van der Waals surface area contributed by atoms with E-state index in [2.05, 4.69) is 19.2 Å². The molecule has 1 aliphatic heterocycles. The van der Waals surface area contributed by atoms with Gasteiger partial charge in [-0.3, -0.25) is 0 Å². The number of carbonyl (C=O) groups is 2. The smallest absolute Gasteiger partial charge is 0.337 e. The van der Waals surface area contributed by atoms with Crippen LogP contribution in [0.5, 0.6) is 0 Å². The Balaban J connectivity index is 2.18. The predicted octanol–water partition coefficient (Wildman–Crippen LogP) is 3.69. The number of likely N-dealkylation sites (tertiary alicyclic amines) is 1. The quantitative estimate of drug-likeness (QED) is 0.894. The summed E-state index contributed by atoms with van der Waals surface area (Å²) in [5.74, 6) is -0.739. The summed E-state index contributed by atoms with van der Waals surface area (Å²) in [4.78, 5) is 25.4. The third-order valence-electron chi connectivity index (χ3n) is 3.78. The fourth-order valence-corrected chi connectivity index (χ4v) is 2.90. The number of benzene rings is 1. The van der Waals surface area contributed by atoms with Crippen molar-refractivity contribution >= 4 is 29.3 Å². The van der Waals surface area contributed by atoms with Crippen LogP contribution in [0.2, 0.25) is 5.02 Å². The number of hydrogen-bond acceptors (Lipinski definition) is 2. The number of hydrogen-bond donors (Lipinski definition) is 2. The number of carbonyl (C=O) groups excluding carboxylic acids is 1. The third kappa shape index (κ3) is 3.47. The number of anilines is 1. The van der Waals surface area contributed by atoms with Gasteiger partial charge in [0.2, 0.25) is 0 Å². The lowest BCUT2D eigenvalue weighted by atomic mass is 10.0. The standard InChI is InChI=1S/C15H19ClN2O3/c1-9(2)13-4-3-7-18(13)15(21)17-12-6-5-10(16)8-11(12)14(19)20/h5-6,8-9,13H,3-4,7H2,1-2H3,(H,17,21)(H,19,20). The molecule has 1 atom stereocenters. The maximum atomic E-state index is 12.4. The first kappa shape index (κ1) is 15.6. The van der Waals surface area contributed by atoms with E-state index < -0.39 is 5.97 Å². The molecule has 0 aromatic heterocycles. The summed E-state index contributed by atoms with van der Waals surface area (Å²) < 4.78 is 0. The number of carboxylic acid groups (broad SMARTS) is 1. The van der Waals surface area contributed by atoms with Gasteiger partial charge in [-0.25, -0.2) is 9.59 Å². The summed E-state index contributed by atoms with van der Waals surface area (Å²) >= 11 is 5.80. The minimum Gasteiger partial charge on any atom is -0.478 e. The third-order valence-corrected chi connectivity index (χ3v) is 4.02. The van der Waals surface area contributed by atoms with Crippen LogP contribution in [-0.2, 0) is 0 Å². The van der Waals surface area contributed by atoms with Gasteiger partial charge in [0.05, 0.1) is 11.3 Å². The van der Waals surface area contributed by atoms with Crippen LogP contribution in [0.1, 0.15) is 37.0 Å². The van der Waals surface area contributed by atoms with Gasteiger partial charge in [-0.1, -0.05) is 25.4 Å². The van der Waals surface area contributed by atoms with Gasteiger partial charge in [0.1, 0.15) is 0 Å². The lowest BCUT2D eigenvalue weighted by Crippen LogP contribution is -2.41. The molecule has 114 valence electrons. The van der Waals surface area contributed by atoms with Gasteiger partial charge in [-0.05, 0) is 37.0 Å². The van der Waals surface area contributed by atoms with E-state index in [4.69, 9.17) is 11.6 Å². The molecule has 1 fully saturated rings. The second-order valence-electron chi connectivity index (χ2n) is 5.57. The molecule has 5 nitrogen and oxygen atoms in total. The van der Waals surface area contributed by atoms with Crippen molar-refractivity contribution in [3.05, 3.63) is 28.8 Å². The summed E-state index contributed by atoms with van der Waals surface area (Å²) in [5, 5.41) is 12.2. The monoisotopic (exact) mass is 310 g/mol.